The van der Waals surface area contributed by atoms with Crippen LogP contribution in [-0.4, -0.2) is 70.0 Å². The van der Waals surface area contributed by atoms with Crippen molar-refractivity contribution in [1.82, 2.24) is 0 Å². The van der Waals surface area contributed by atoms with Crippen molar-refractivity contribution < 1.29 is 42.1 Å². The van der Waals surface area contributed by atoms with Crippen molar-refractivity contribution in [3.8, 4) is 0 Å². The van der Waals surface area contributed by atoms with Gasteiger partial charge in [-0.1, -0.05) is 122 Å². The number of unbranched alkanes of at least 4 members (excludes halogenated alkanes) is 18. The first-order valence-electron chi connectivity index (χ1n) is 18.9. The molecular weight excluding hydrogens is 617 g/mol. The number of carbonyl (C=O) groups excluding carboxylic acids is 2. The number of hydrogen-bond donors (Lipinski definition) is 0. The number of ether oxygens (including phenoxy) is 2. The number of allylic oxidation sites excluding steroid dienone is 2. The van der Waals surface area contributed by atoms with Gasteiger partial charge in [0.05, 0.1) is 27.7 Å². The minimum atomic E-state index is -4.61. The van der Waals surface area contributed by atoms with Gasteiger partial charge in [0.2, 0.25) is 0 Å². The van der Waals surface area contributed by atoms with Crippen molar-refractivity contribution in [2.45, 2.75) is 168 Å². The number of rotatable bonds is 34. The Morgan fingerprint density at radius 2 is 1.09 bits per heavy atom. The van der Waals surface area contributed by atoms with Gasteiger partial charge in [0.1, 0.15) is 19.8 Å². The maximum absolute atomic E-state index is 12.5. The molecule has 0 saturated heterocycles. The third kappa shape index (κ3) is 34.4. The summed E-state index contributed by atoms with van der Waals surface area (Å²) in [5.41, 5.74) is 0. The SMILES string of the molecule is CCCCCC/C=C/CCCCCCCCCC(=O)OC[C@@H](COP(=O)([O-])OCC[N+](C)(C)C)OC(=O)CCCCCCCCCC. The van der Waals surface area contributed by atoms with Gasteiger partial charge in [0.15, 0.2) is 6.10 Å². The van der Waals surface area contributed by atoms with E-state index in [1.807, 2.05) is 21.1 Å². The second-order valence-electron chi connectivity index (χ2n) is 13.9. The molecule has 0 aliphatic rings. The lowest BCUT2D eigenvalue weighted by molar-refractivity contribution is -0.870. The highest BCUT2D eigenvalue weighted by Crippen LogP contribution is 2.38. The highest BCUT2D eigenvalue weighted by molar-refractivity contribution is 7.45. The van der Waals surface area contributed by atoms with Crippen LogP contribution >= 0.6 is 7.82 Å². The normalized spacial score (nSPS) is 13.9. The first-order valence-corrected chi connectivity index (χ1v) is 20.4. The van der Waals surface area contributed by atoms with Crippen LogP contribution in [-0.2, 0) is 32.7 Å². The summed E-state index contributed by atoms with van der Waals surface area (Å²) in [4.78, 5) is 37.2. The molecule has 0 radical (unpaired) electrons. The van der Waals surface area contributed by atoms with Crippen LogP contribution in [0.5, 0.6) is 0 Å². The highest BCUT2D eigenvalue weighted by atomic mass is 31.2. The van der Waals surface area contributed by atoms with E-state index in [1.165, 1.54) is 77.0 Å². The molecular formula is C37H72NO8P. The molecule has 0 rings (SSSR count). The summed E-state index contributed by atoms with van der Waals surface area (Å²) in [6.07, 6.45) is 28.2. The predicted octanol–water partition coefficient (Wildman–Crippen LogP) is 9.22. The minimum Gasteiger partial charge on any atom is -0.756 e. The second-order valence-corrected chi connectivity index (χ2v) is 15.4. The molecule has 10 heteroatoms. The van der Waals surface area contributed by atoms with E-state index in [9.17, 15) is 19.0 Å². The quantitative estimate of drug-likeness (QED) is 0.0216. The van der Waals surface area contributed by atoms with E-state index < -0.39 is 26.5 Å². The number of esters is 2. The Bertz CT molecular complexity index is 830. The Morgan fingerprint density at radius 1 is 0.638 bits per heavy atom. The fourth-order valence-electron chi connectivity index (χ4n) is 5.00. The van der Waals surface area contributed by atoms with Crippen LogP contribution in [0, 0.1) is 0 Å². The molecule has 0 saturated carbocycles. The van der Waals surface area contributed by atoms with Gasteiger partial charge >= 0.3 is 11.9 Å². The number of phosphoric ester groups is 1. The summed E-state index contributed by atoms with van der Waals surface area (Å²) in [6.45, 7) is 4.16. The van der Waals surface area contributed by atoms with Crippen LogP contribution in [0.25, 0.3) is 0 Å². The van der Waals surface area contributed by atoms with Gasteiger partial charge in [-0.05, 0) is 38.5 Å². The summed E-state index contributed by atoms with van der Waals surface area (Å²) >= 11 is 0. The average molecular weight is 690 g/mol. The third-order valence-corrected chi connectivity index (χ3v) is 9.00. The fourth-order valence-corrected chi connectivity index (χ4v) is 5.73. The van der Waals surface area contributed by atoms with Crippen LogP contribution in [0.1, 0.15) is 162 Å². The molecule has 0 fully saturated rings. The zero-order valence-corrected chi connectivity index (χ0v) is 31.9. The van der Waals surface area contributed by atoms with E-state index in [1.54, 1.807) is 0 Å². The van der Waals surface area contributed by atoms with E-state index in [4.69, 9.17) is 18.5 Å². The molecule has 0 N–H and O–H groups in total. The molecule has 0 heterocycles. The number of hydrogen-bond acceptors (Lipinski definition) is 8. The Hall–Kier alpha value is -1.25. The zero-order chi connectivity index (χ0) is 35.1. The minimum absolute atomic E-state index is 0.0290. The Morgan fingerprint density at radius 3 is 1.60 bits per heavy atom. The molecule has 9 nitrogen and oxygen atoms in total. The van der Waals surface area contributed by atoms with Gasteiger partial charge in [-0.15, -0.1) is 0 Å². The first kappa shape index (κ1) is 45.8. The first-order chi connectivity index (χ1) is 22.5. The van der Waals surface area contributed by atoms with Crippen molar-refractivity contribution >= 4 is 19.8 Å². The van der Waals surface area contributed by atoms with Gasteiger partial charge in [-0.2, -0.15) is 0 Å². The van der Waals surface area contributed by atoms with Crippen molar-refractivity contribution in [2.24, 2.45) is 0 Å². The summed E-state index contributed by atoms with van der Waals surface area (Å²) in [6, 6.07) is 0. The molecule has 0 aromatic heterocycles. The second kappa shape index (κ2) is 30.8. The van der Waals surface area contributed by atoms with Crippen LogP contribution in [0.3, 0.4) is 0 Å². The number of quaternary nitrogens is 1. The van der Waals surface area contributed by atoms with E-state index in [2.05, 4.69) is 26.0 Å². The number of likely N-dealkylation sites (N-methyl/N-ethyl adjacent to an activating group) is 1. The molecule has 0 aromatic rings. The molecule has 0 aliphatic heterocycles. The molecule has 2 atom stereocenters. The summed E-state index contributed by atoms with van der Waals surface area (Å²) in [7, 11) is 1.17. The van der Waals surface area contributed by atoms with Crippen molar-refractivity contribution in [2.75, 3.05) is 47.5 Å². The van der Waals surface area contributed by atoms with Crippen molar-refractivity contribution in [1.29, 1.82) is 0 Å². The molecule has 0 aromatic carbocycles. The molecule has 278 valence electrons. The summed E-state index contributed by atoms with van der Waals surface area (Å²) in [5, 5.41) is 0. The molecule has 0 bridgehead atoms. The lowest BCUT2D eigenvalue weighted by Crippen LogP contribution is -2.37. The molecule has 1 unspecified atom stereocenters. The molecule has 47 heavy (non-hydrogen) atoms. The lowest BCUT2D eigenvalue weighted by atomic mass is 10.1. The maximum atomic E-state index is 12.5. The summed E-state index contributed by atoms with van der Waals surface area (Å²) in [5.74, 6) is -0.842. The Labute approximate surface area is 288 Å². The van der Waals surface area contributed by atoms with E-state index >= 15 is 0 Å². The number of nitrogens with zero attached hydrogens (tertiary/aromatic N) is 1. The highest BCUT2D eigenvalue weighted by Gasteiger charge is 2.21. The monoisotopic (exact) mass is 689 g/mol. The maximum Gasteiger partial charge on any atom is 0.306 e. The van der Waals surface area contributed by atoms with Gasteiger partial charge in [0.25, 0.3) is 7.82 Å². The number of carbonyl (C=O) groups is 2. The van der Waals surface area contributed by atoms with Crippen molar-refractivity contribution in [3.05, 3.63) is 12.2 Å². The topological polar surface area (TPSA) is 111 Å². The zero-order valence-electron chi connectivity index (χ0n) is 31.0. The van der Waals surface area contributed by atoms with Gasteiger partial charge in [-0.25, -0.2) is 0 Å². The Balaban J connectivity index is 4.37. The van der Waals surface area contributed by atoms with E-state index in [0.29, 0.717) is 17.4 Å². The van der Waals surface area contributed by atoms with Crippen molar-refractivity contribution in [3.63, 3.8) is 0 Å². The van der Waals surface area contributed by atoms with Gasteiger partial charge < -0.3 is 27.9 Å². The van der Waals surface area contributed by atoms with Gasteiger partial charge in [-0.3, -0.25) is 14.2 Å². The summed E-state index contributed by atoms with van der Waals surface area (Å²) < 4.78 is 33.6. The molecule has 0 aliphatic carbocycles. The standard InChI is InChI=1S/C37H72NO8P/c1-6-8-10-12-14-16-17-18-19-20-21-22-24-25-27-29-36(39)43-33-35(34-45-47(41,42)44-32-31-38(3,4)5)46-37(40)30-28-26-23-15-13-11-9-7-2/h16-17,35H,6-15,18-34H2,1-5H3/b17-16+/t35-/m0/s1. The third-order valence-electron chi connectivity index (χ3n) is 8.04. The molecule has 0 spiro atoms. The van der Waals surface area contributed by atoms with Crippen LogP contribution < -0.4 is 4.89 Å². The lowest BCUT2D eigenvalue weighted by Gasteiger charge is -2.28. The molecule has 0 amide bonds. The van der Waals surface area contributed by atoms with Gasteiger partial charge in [0, 0.05) is 12.8 Å². The van der Waals surface area contributed by atoms with E-state index in [0.717, 1.165) is 51.4 Å². The largest absolute Gasteiger partial charge is 0.756 e. The van der Waals surface area contributed by atoms with Crippen LogP contribution in [0.2, 0.25) is 0 Å². The fraction of sp³-hybridized carbons (Fsp3) is 0.892. The van der Waals surface area contributed by atoms with Crippen LogP contribution in [0.15, 0.2) is 12.2 Å². The smallest absolute Gasteiger partial charge is 0.306 e. The van der Waals surface area contributed by atoms with E-state index in [-0.39, 0.29) is 32.0 Å². The Kier molecular flexibility index (Phi) is 30.0. The average Bonchev–Trinajstić information content (AvgIpc) is 3.01. The number of phosphoric acid groups is 1. The predicted molar refractivity (Wildman–Crippen MR) is 190 cm³/mol. The van der Waals surface area contributed by atoms with Crippen LogP contribution in [0.4, 0.5) is 0 Å².